The molecule has 0 N–H and O–H groups in total. The summed E-state index contributed by atoms with van der Waals surface area (Å²) in [5.74, 6) is -1.18. The zero-order valence-electron chi connectivity index (χ0n) is 35.4. The highest BCUT2D eigenvalue weighted by atomic mass is 79.9. The number of benzene rings is 5. The summed E-state index contributed by atoms with van der Waals surface area (Å²) < 4.78 is 22.6. The molecule has 0 aliphatic carbocycles. The lowest BCUT2D eigenvalue weighted by Crippen LogP contribution is -2.14. The Labute approximate surface area is 369 Å². The summed E-state index contributed by atoms with van der Waals surface area (Å²) in [5.41, 5.74) is 3.22. The number of ether oxygens (including phenoxy) is 4. The van der Waals surface area contributed by atoms with E-state index in [-0.39, 0.29) is 22.6 Å². The summed E-state index contributed by atoms with van der Waals surface area (Å²) in [4.78, 5) is 51.9. The van der Waals surface area contributed by atoms with Crippen LogP contribution in [-0.2, 0) is 12.8 Å². The minimum atomic E-state index is -0.723. The summed E-state index contributed by atoms with van der Waals surface area (Å²) in [6.45, 7) is 4.46. The molecule has 0 unspecified atom stereocenters. The average molecular weight is 890 g/mol. The molecule has 5 aromatic carbocycles. The number of halogens is 1. The van der Waals surface area contributed by atoms with E-state index in [1.54, 1.807) is 30.3 Å². The van der Waals surface area contributed by atoms with Crippen molar-refractivity contribution in [1.82, 2.24) is 0 Å². The normalized spacial score (nSPS) is 10.9. The maximum absolute atomic E-state index is 13.2. The van der Waals surface area contributed by atoms with E-state index in [0.29, 0.717) is 27.1 Å². The first-order valence-corrected chi connectivity index (χ1v) is 22.6. The average Bonchev–Trinajstić information content (AvgIpc) is 3.27. The molecule has 0 saturated carbocycles. The molecular formula is C52H57BrO8. The largest absolute Gasteiger partial charge is 0.423 e. The van der Waals surface area contributed by atoms with E-state index < -0.39 is 23.9 Å². The molecule has 0 saturated heterocycles. The van der Waals surface area contributed by atoms with Crippen LogP contribution in [0.1, 0.15) is 156 Å². The predicted octanol–water partition coefficient (Wildman–Crippen LogP) is 13.9. The highest BCUT2D eigenvalue weighted by Gasteiger charge is 2.19. The molecule has 0 fully saturated rings. The van der Waals surface area contributed by atoms with Gasteiger partial charge < -0.3 is 18.9 Å². The van der Waals surface area contributed by atoms with Gasteiger partial charge in [0.15, 0.2) is 0 Å². The molecule has 0 spiro atoms. The first-order chi connectivity index (χ1) is 29.7. The molecular weight excluding hydrogens is 832 g/mol. The number of rotatable bonds is 24. The van der Waals surface area contributed by atoms with Crippen molar-refractivity contribution in [2.45, 2.75) is 117 Å². The topological polar surface area (TPSA) is 105 Å². The van der Waals surface area contributed by atoms with Crippen molar-refractivity contribution in [2.24, 2.45) is 0 Å². The predicted molar refractivity (Wildman–Crippen MR) is 243 cm³/mol. The van der Waals surface area contributed by atoms with Gasteiger partial charge in [-0.25, -0.2) is 19.2 Å². The van der Waals surface area contributed by atoms with Crippen LogP contribution in [0.25, 0.3) is 0 Å². The minimum absolute atomic E-state index is 0.0947. The van der Waals surface area contributed by atoms with Crippen molar-refractivity contribution < 1.29 is 38.1 Å². The number of carbonyl (C=O) groups is 4. The zero-order chi connectivity index (χ0) is 43.2. The highest BCUT2D eigenvalue weighted by Crippen LogP contribution is 2.25. The van der Waals surface area contributed by atoms with Gasteiger partial charge in [-0.3, -0.25) is 0 Å². The molecule has 0 bridgehead atoms. The molecule has 320 valence electrons. The van der Waals surface area contributed by atoms with Crippen LogP contribution in [0.2, 0.25) is 0 Å². The van der Waals surface area contributed by atoms with E-state index in [1.807, 2.05) is 24.3 Å². The SMILES string of the molecule is CCCCCCCCCc1ccc(OC(=O)c2ccc(OC(=O)c3ccc(Br)c(C(=O)Oc4ccc(C(=O)Oc5ccc(CCCCCCCCC)cc5)cc4)c3)cc2)cc1. The lowest BCUT2D eigenvalue weighted by Gasteiger charge is -2.10. The highest BCUT2D eigenvalue weighted by molar-refractivity contribution is 9.10. The minimum Gasteiger partial charge on any atom is -0.423 e. The third-order valence-corrected chi connectivity index (χ3v) is 11.1. The Hall–Kier alpha value is -5.54. The van der Waals surface area contributed by atoms with Crippen LogP contribution < -0.4 is 18.9 Å². The standard InChI is InChI=1S/C52H57BrO8/c1-3-5-7-9-11-13-15-17-38-19-28-43(29-20-38)58-49(54)40-23-32-45(33-24-40)60-51(56)42-27-36-48(53)47(37-42)52(57)61-46-34-25-41(26-35-46)50(55)59-44-30-21-39(22-31-44)18-16-14-12-10-8-6-4-2/h19-37H,3-18H2,1-2H3. The summed E-state index contributed by atoms with van der Waals surface area (Å²) in [5, 5.41) is 0. The van der Waals surface area contributed by atoms with E-state index in [2.05, 4.69) is 29.8 Å². The zero-order valence-corrected chi connectivity index (χ0v) is 37.0. The van der Waals surface area contributed by atoms with Crippen LogP contribution in [0.15, 0.2) is 120 Å². The fraction of sp³-hybridized carbons (Fsp3) is 0.346. The van der Waals surface area contributed by atoms with Crippen molar-refractivity contribution in [3.05, 3.63) is 153 Å². The maximum Gasteiger partial charge on any atom is 0.344 e. The lowest BCUT2D eigenvalue weighted by molar-refractivity contribution is 0.0722. The Morgan fingerprint density at radius 2 is 0.689 bits per heavy atom. The molecule has 5 rings (SSSR count). The number of hydrogen-bond acceptors (Lipinski definition) is 8. The van der Waals surface area contributed by atoms with Crippen molar-refractivity contribution in [2.75, 3.05) is 0 Å². The van der Waals surface area contributed by atoms with Crippen LogP contribution in [0.3, 0.4) is 0 Å². The molecule has 0 aromatic heterocycles. The van der Waals surface area contributed by atoms with E-state index >= 15 is 0 Å². The monoisotopic (exact) mass is 888 g/mol. The smallest absolute Gasteiger partial charge is 0.344 e. The Balaban J connectivity index is 1.06. The number of esters is 4. The molecule has 0 radical (unpaired) electrons. The molecule has 61 heavy (non-hydrogen) atoms. The van der Waals surface area contributed by atoms with E-state index in [0.717, 1.165) is 25.7 Å². The van der Waals surface area contributed by atoms with Crippen molar-refractivity contribution in [3.63, 3.8) is 0 Å². The fourth-order valence-corrected chi connectivity index (χ4v) is 7.22. The second kappa shape index (κ2) is 25.3. The maximum atomic E-state index is 13.2. The molecule has 0 atom stereocenters. The summed E-state index contributed by atoms with van der Waals surface area (Å²) in [6.07, 6.45) is 19.6. The molecule has 5 aromatic rings. The van der Waals surface area contributed by atoms with Gasteiger partial charge in [0, 0.05) is 4.47 Å². The van der Waals surface area contributed by atoms with Crippen LogP contribution in [0.4, 0.5) is 0 Å². The fourth-order valence-electron chi connectivity index (χ4n) is 6.81. The Bertz CT molecular complexity index is 2140. The van der Waals surface area contributed by atoms with Crippen LogP contribution >= 0.6 is 15.9 Å². The van der Waals surface area contributed by atoms with Gasteiger partial charge in [0.25, 0.3) is 0 Å². The molecule has 8 nitrogen and oxygen atoms in total. The van der Waals surface area contributed by atoms with Crippen LogP contribution in [0.5, 0.6) is 23.0 Å². The van der Waals surface area contributed by atoms with Crippen molar-refractivity contribution in [1.29, 1.82) is 0 Å². The summed E-state index contributed by atoms with van der Waals surface area (Å²) >= 11 is 3.36. The number of aryl methyl sites for hydroxylation is 2. The van der Waals surface area contributed by atoms with Gasteiger partial charge in [0.2, 0.25) is 0 Å². The molecule has 9 heteroatoms. The molecule has 0 aliphatic heterocycles. The van der Waals surface area contributed by atoms with E-state index in [9.17, 15) is 19.2 Å². The Morgan fingerprint density at radius 3 is 1.08 bits per heavy atom. The summed E-state index contributed by atoms with van der Waals surface area (Å²) in [6, 6.07) is 31.7. The van der Waals surface area contributed by atoms with Crippen LogP contribution in [0, 0.1) is 0 Å². The van der Waals surface area contributed by atoms with Gasteiger partial charge in [-0.15, -0.1) is 0 Å². The van der Waals surface area contributed by atoms with E-state index in [1.165, 1.54) is 149 Å². The second-order valence-corrected chi connectivity index (χ2v) is 16.2. The van der Waals surface area contributed by atoms with Gasteiger partial charge in [-0.05, 0) is 144 Å². The van der Waals surface area contributed by atoms with Gasteiger partial charge in [-0.2, -0.15) is 0 Å². The van der Waals surface area contributed by atoms with Crippen LogP contribution in [-0.4, -0.2) is 23.9 Å². The lowest BCUT2D eigenvalue weighted by atomic mass is 10.0. The van der Waals surface area contributed by atoms with Gasteiger partial charge in [0.05, 0.1) is 22.3 Å². The molecule has 0 amide bonds. The molecule has 0 heterocycles. The summed E-state index contributed by atoms with van der Waals surface area (Å²) in [7, 11) is 0. The second-order valence-electron chi connectivity index (χ2n) is 15.3. The van der Waals surface area contributed by atoms with Gasteiger partial charge in [0.1, 0.15) is 23.0 Å². The first-order valence-electron chi connectivity index (χ1n) is 21.8. The quantitative estimate of drug-likeness (QED) is 0.0343. The van der Waals surface area contributed by atoms with Crippen molar-refractivity contribution >= 4 is 39.8 Å². The third-order valence-electron chi connectivity index (χ3n) is 10.4. The number of hydrogen-bond donors (Lipinski definition) is 0. The molecule has 0 aliphatic rings. The first kappa shape index (κ1) is 46.5. The number of unbranched alkanes of at least 4 members (excludes halogenated alkanes) is 12. The Morgan fingerprint density at radius 1 is 0.377 bits per heavy atom. The third kappa shape index (κ3) is 15.8. The Kier molecular flexibility index (Phi) is 19.3. The van der Waals surface area contributed by atoms with E-state index in [4.69, 9.17) is 18.9 Å². The van der Waals surface area contributed by atoms with Gasteiger partial charge in [-0.1, -0.05) is 115 Å². The van der Waals surface area contributed by atoms with Gasteiger partial charge >= 0.3 is 23.9 Å². The number of carbonyl (C=O) groups excluding carboxylic acids is 4. The van der Waals surface area contributed by atoms with Crippen molar-refractivity contribution in [3.8, 4) is 23.0 Å².